The summed E-state index contributed by atoms with van der Waals surface area (Å²) >= 11 is 0. The summed E-state index contributed by atoms with van der Waals surface area (Å²) in [5.74, 6) is -0.134. The quantitative estimate of drug-likeness (QED) is 0.524. The third kappa shape index (κ3) is 6.66. The number of amides is 1. The van der Waals surface area contributed by atoms with Gasteiger partial charge in [0.25, 0.3) is 5.91 Å². The highest BCUT2D eigenvalue weighted by atomic mass is 16.2. The highest BCUT2D eigenvalue weighted by Crippen LogP contribution is 2.07. The number of carbonyl (C=O) groups is 2. The zero-order valence-electron chi connectivity index (χ0n) is 16.3. The Balaban J connectivity index is 1.55. The van der Waals surface area contributed by atoms with E-state index >= 15 is 0 Å². The topological polar surface area (TPSA) is 71.1 Å². The molecule has 0 radical (unpaired) electrons. The zero-order valence-corrected chi connectivity index (χ0v) is 16.3. The third-order valence-corrected chi connectivity index (χ3v) is 4.65. The highest BCUT2D eigenvalue weighted by Gasteiger charge is 2.14. The molecule has 0 aliphatic heterocycles. The van der Waals surface area contributed by atoms with Crippen molar-refractivity contribution >= 4 is 11.7 Å². The number of carbonyl (C=O) groups excluding carboxylic acids is 2. The van der Waals surface area contributed by atoms with Crippen LogP contribution in [0.25, 0.3) is 0 Å². The number of ketones is 1. The molecule has 5 nitrogen and oxygen atoms in total. The number of rotatable bonds is 10. The van der Waals surface area contributed by atoms with Gasteiger partial charge in [-0.2, -0.15) is 0 Å². The lowest BCUT2D eigenvalue weighted by Gasteiger charge is -2.19. The maximum absolute atomic E-state index is 12.4. The number of nitrogens with zero attached hydrogens (tertiary/aromatic N) is 1. The Bertz CT molecular complexity index is 899. The number of pyridine rings is 1. The summed E-state index contributed by atoms with van der Waals surface area (Å²) in [5, 5.41) is 6.27. The lowest BCUT2D eigenvalue weighted by atomic mass is 10.0. The minimum Gasteiger partial charge on any atom is -0.351 e. The minimum atomic E-state index is -0.190. The van der Waals surface area contributed by atoms with Gasteiger partial charge in [0, 0.05) is 24.3 Å². The van der Waals surface area contributed by atoms with Crippen molar-refractivity contribution in [2.45, 2.75) is 18.9 Å². The molecule has 3 rings (SSSR count). The fraction of sp³-hybridized carbons (Fsp3) is 0.208. The van der Waals surface area contributed by atoms with Gasteiger partial charge in [0.15, 0.2) is 5.78 Å². The van der Waals surface area contributed by atoms with Crippen LogP contribution in [0.1, 0.15) is 32.8 Å². The van der Waals surface area contributed by atoms with Crippen LogP contribution in [0.3, 0.4) is 0 Å². The van der Waals surface area contributed by atoms with Gasteiger partial charge in [0.2, 0.25) is 0 Å². The summed E-state index contributed by atoms with van der Waals surface area (Å²) < 4.78 is 0. The summed E-state index contributed by atoms with van der Waals surface area (Å²) in [4.78, 5) is 28.7. The SMILES string of the molecule is O=C(CN[C@H](CCNC(=O)c1ccccn1)Cc1ccccc1)c1ccccc1. The molecule has 0 bridgehead atoms. The van der Waals surface area contributed by atoms with Crippen LogP contribution in [0.5, 0.6) is 0 Å². The highest BCUT2D eigenvalue weighted by molar-refractivity contribution is 5.97. The Hall–Kier alpha value is -3.31. The van der Waals surface area contributed by atoms with E-state index in [2.05, 4.69) is 27.8 Å². The molecule has 0 saturated heterocycles. The molecule has 2 aromatic carbocycles. The van der Waals surface area contributed by atoms with E-state index < -0.39 is 0 Å². The molecule has 0 saturated carbocycles. The predicted octanol–water partition coefficient (Wildman–Crippen LogP) is 3.29. The first-order chi connectivity index (χ1) is 14.2. The molecule has 1 aromatic heterocycles. The largest absolute Gasteiger partial charge is 0.351 e. The van der Waals surface area contributed by atoms with Gasteiger partial charge in [-0.3, -0.25) is 14.6 Å². The molecule has 0 aliphatic carbocycles. The lowest BCUT2D eigenvalue weighted by molar-refractivity contribution is 0.0942. The predicted molar refractivity (Wildman–Crippen MR) is 114 cm³/mol. The smallest absolute Gasteiger partial charge is 0.269 e. The number of hydrogen-bond acceptors (Lipinski definition) is 4. The van der Waals surface area contributed by atoms with Crippen LogP contribution in [0, 0.1) is 0 Å². The number of hydrogen-bond donors (Lipinski definition) is 2. The first-order valence-electron chi connectivity index (χ1n) is 9.77. The second-order valence-corrected chi connectivity index (χ2v) is 6.82. The van der Waals surface area contributed by atoms with Gasteiger partial charge < -0.3 is 10.6 Å². The molecule has 1 amide bonds. The molecule has 148 valence electrons. The van der Waals surface area contributed by atoms with Gasteiger partial charge in [0.05, 0.1) is 6.54 Å². The van der Waals surface area contributed by atoms with Crippen molar-refractivity contribution in [3.8, 4) is 0 Å². The van der Waals surface area contributed by atoms with Crippen molar-refractivity contribution in [1.82, 2.24) is 15.6 Å². The molecule has 0 spiro atoms. The molecule has 2 N–H and O–H groups in total. The van der Waals surface area contributed by atoms with Gasteiger partial charge in [0.1, 0.15) is 5.69 Å². The van der Waals surface area contributed by atoms with Gasteiger partial charge in [-0.1, -0.05) is 66.7 Å². The average molecular weight is 387 g/mol. The zero-order chi connectivity index (χ0) is 20.3. The summed E-state index contributed by atoms with van der Waals surface area (Å²) in [6.45, 7) is 0.759. The second-order valence-electron chi connectivity index (χ2n) is 6.82. The van der Waals surface area contributed by atoms with Gasteiger partial charge in [-0.25, -0.2) is 0 Å². The minimum absolute atomic E-state index is 0.0567. The van der Waals surface area contributed by atoms with Crippen LogP contribution >= 0.6 is 0 Å². The maximum Gasteiger partial charge on any atom is 0.269 e. The fourth-order valence-electron chi connectivity index (χ4n) is 3.09. The number of nitrogens with one attached hydrogen (secondary N) is 2. The second kappa shape index (κ2) is 10.9. The van der Waals surface area contributed by atoms with E-state index in [4.69, 9.17) is 0 Å². The van der Waals surface area contributed by atoms with Crippen molar-refractivity contribution in [1.29, 1.82) is 0 Å². The van der Waals surface area contributed by atoms with Crippen LogP contribution in [0.2, 0.25) is 0 Å². The average Bonchev–Trinajstić information content (AvgIpc) is 2.79. The summed E-state index contributed by atoms with van der Waals surface area (Å²) in [6, 6.07) is 24.7. The van der Waals surface area contributed by atoms with E-state index in [1.54, 1.807) is 24.4 Å². The first kappa shape index (κ1) is 20.4. The van der Waals surface area contributed by atoms with E-state index in [9.17, 15) is 9.59 Å². The molecule has 0 unspecified atom stereocenters. The first-order valence-corrected chi connectivity index (χ1v) is 9.77. The molecule has 5 heteroatoms. The Morgan fingerprint density at radius 1 is 0.862 bits per heavy atom. The van der Waals surface area contributed by atoms with E-state index in [1.165, 1.54) is 5.56 Å². The van der Waals surface area contributed by atoms with Crippen LogP contribution in [0.15, 0.2) is 85.1 Å². The van der Waals surface area contributed by atoms with Crippen LogP contribution in [-0.2, 0) is 6.42 Å². The van der Waals surface area contributed by atoms with Gasteiger partial charge >= 0.3 is 0 Å². The van der Waals surface area contributed by atoms with Crippen molar-refractivity contribution < 1.29 is 9.59 Å². The molecular weight excluding hydrogens is 362 g/mol. The van der Waals surface area contributed by atoms with Crippen molar-refractivity contribution in [3.63, 3.8) is 0 Å². The van der Waals surface area contributed by atoms with Crippen LogP contribution in [-0.4, -0.2) is 35.8 Å². The Labute approximate surface area is 171 Å². The van der Waals surface area contributed by atoms with E-state index in [1.807, 2.05) is 48.5 Å². The monoisotopic (exact) mass is 387 g/mol. The van der Waals surface area contributed by atoms with E-state index in [0.29, 0.717) is 24.2 Å². The van der Waals surface area contributed by atoms with Crippen LogP contribution < -0.4 is 10.6 Å². The summed E-state index contributed by atoms with van der Waals surface area (Å²) in [6.07, 6.45) is 3.09. The number of Topliss-reactive ketones (excluding diaryl/α,β-unsaturated/α-hetero) is 1. The third-order valence-electron chi connectivity index (χ3n) is 4.65. The Morgan fingerprint density at radius 2 is 1.55 bits per heavy atom. The molecule has 0 aliphatic rings. The molecular formula is C24H25N3O2. The van der Waals surface area contributed by atoms with Crippen LogP contribution in [0.4, 0.5) is 0 Å². The lowest BCUT2D eigenvalue weighted by Crippen LogP contribution is -2.38. The van der Waals surface area contributed by atoms with Crippen molar-refractivity contribution in [2.75, 3.05) is 13.1 Å². The maximum atomic E-state index is 12.4. The molecule has 1 atom stereocenters. The van der Waals surface area contributed by atoms with E-state index in [0.717, 1.165) is 6.42 Å². The molecule has 1 heterocycles. The van der Waals surface area contributed by atoms with Crippen molar-refractivity contribution in [3.05, 3.63) is 102 Å². The fourth-order valence-corrected chi connectivity index (χ4v) is 3.09. The summed E-state index contributed by atoms with van der Waals surface area (Å²) in [5.41, 5.74) is 2.29. The molecule has 29 heavy (non-hydrogen) atoms. The standard InChI is InChI=1S/C24H25N3O2/c28-23(20-11-5-2-6-12-20)18-27-21(17-19-9-3-1-4-10-19)14-16-26-24(29)22-13-7-8-15-25-22/h1-13,15,21,27H,14,16-18H2,(H,26,29)/t21-/m1/s1. The molecule has 0 fully saturated rings. The normalized spacial score (nSPS) is 11.6. The van der Waals surface area contributed by atoms with Crippen molar-refractivity contribution in [2.24, 2.45) is 0 Å². The summed E-state index contributed by atoms with van der Waals surface area (Å²) in [7, 11) is 0. The number of aromatic nitrogens is 1. The Kier molecular flexibility index (Phi) is 7.66. The van der Waals surface area contributed by atoms with Gasteiger partial charge in [-0.15, -0.1) is 0 Å². The number of benzene rings is 2. The Morgan fingerprint density at radius 3 is 2.24 bits per heavy atom. The van der Waals surface area contributed by atoms with E-state index in [-0.39, 0.29) is 24.3 Å². The van der Waals surface area contributed by atoms with Gasteiger partial charge in [-0.05, 0) is 30.5 Å². The molecule has 3 aromatic rings.